The van der Waals surface area contributed by atoms with Crippen LogP contribution in [0.25, 0.3) is 0 Å². The van der Waals surface area contributed by atoms with Crippen LogP contribution < -0.4 is 20.7 Å². The van der Waals surface area contributed by atoms with Gasteiger partial charge >= 0.3 is 6.03 Å². The Morgan fingerprint density at radius 3 is 2.26 bits per heavy atom. The number of hydrogen-bond acceptors (Lipinski definition) is 5. The molecule has 0 radical (unpaired) electrons. The molecule has 0 aromatic heterocycles. The number of benzene rings is 1. The zero-order valence-electron chi connectivity index (χ0n) is 18.8. The number of carbonyl (C=O) groups excluding carboxylic acids is 3. The van der Waals surface area contributed by atoms with Crippen LogP contribution in [0.5, 0.6) is 5.75 Å². The van der Waals surface area contributed by atoms with Gasteiger partial charge in [0.25, 0.3) is 5.91 Å². The van der Waals surface area contributed by atoms with Gasteiger partial charge in [-0.1, -0.05) is 0 Å². The van der Waals surface area contributed by atoms with Crippen LogP contribution in [0, 0.1) is 5.92 Å². The lowest BCUT2D eigenvalue weighted by atomic mass is 9.88. The van der Waals surface area contributed by atoms with Gasteiger partial charge < -0.3 is 30.3 Å². The van der Waals surface area contributed by atoms with Crippen LogP contribution in [-0.2, 0) is 9.53 Å². The fourth-order valence-corrected chi connectivity index (χ4v) is 3.52. The van der Waals surface area contributed by atoms with Crippen LogP contribution in [0.1, 0.15) is 37.0 Å². The van der Waals surface area contributed by atoms with Gasteiger partial charge in [0.15, 0.2) is 0 Å². The van der Waals surface area contributed by atoms with Gasteiger partial charge in [0.2, 0.25) is 5.91 Å². The first kappa shape index (κ1) is 24.5. The first-order valence-electron chi connectivity index (χ1n) is 10.6. The Morgan fingerprint density at radius 2 is 1.71 bits per heavy atom. The standard InChI is InChI=1S/C22H34N4O5/c1-15(2)24-22(29)26-12-9-16(10-13-26)19(21(28)23-11-14-30-3)25-20(27)17-5-7-18(31-4)8-6-17/h5-8,15-16,19H,9-14H2,1-4H3,(H,23,28)(H,24,29)(H,25,27)/t19-/m0/s1. The monoisotopic (exact) mass is 434 g/mol. The number of rotatable bonds is 9. The molecular weight excluding hydrogens is 400 g/mol. The maximum Gasteiger partial charge on any atom is 0.317 e. The van der Waals surface area contributed by atoms with Crippen LogP contribution in [0.3, 0.4) is 0 Å². The zero-order chi connectivity index (χ0) is 22.8. The number of carbonyl (C=O) groups is 3. The van der Waals surface area contributed by atoms with Crippen LogP contribution in [0.2, 0.25) is 0 Å². The van der Waals surface area contributed by atoms with E-state index < -0.39 is 6.04 Å². The van der Waals surface area contributed by atoms with Gasteiger partial charge in [-0.3, -0.25) is 9.59 Å². The summed E-state index contributed by atoms with van der Waals surface area (Å²) in [6.45, 7) is 5.64. The third-order valence-electron chi connectivity index (χ3n) is 5.24. The summed E-state index contributed by atoms with van der Waals surface area (Å²) in [5, 5.41) is 8.61. The maximum absolute atomic E-state index is 12.9. The second kappa shape index (κ2) is 12.1. The Balaban J connectivity index is 2.05. The number of piperidine rings is 1. The highest BCUT2D eigenvalue weighted by molar-refractivity contribution is 5.97. The van der Waals surface area contributed by atoms with Crippen LogP contribution in [0.4, 0.5) is 4.79 Å². The molecule has 1 aromatic rings. The van der Waals surface area contributed by atoms with E-state index in [1.165, 1.54) is 0 Å². The molecule has 3 N–H and O–H groups in total. The molecule has 31 heavy (non-hydrogen) atoms. The van der Waals surface area contributed by atoms with E-state index in [0.29, 0.717) is 50.4 Å². The molecule has 9 nitrogen and oxygen atoms in total. The summed E-state index contributed by atoms with van der Waals surface area (Å²) in [7, 11) is 3.12. The van der Waals surface area contributed by atoms with Crippen LogP contribution >= 0.6 is 0 Å². The number of nitrogens with one attached hydrogen (secondary N) is 3. The van der Waals surface area contributed by atoms with Gasteiger partial charge in [-0.25, -0.2) is 4.79 Å². The predicted octanol–water partition coefficient (Wildman–Crippen LogP) is 1.39. The summed E-state index contributed by atoms with van der Waals surface area (Å²) in [5.41, 5.74) is 0.448. The lowest BCUT2D eigenvalue weighted by Gasteiger charge is -2.36. The number of urea groups is 1. The molecule has 0 aliphatic carbocycles. The Morgan fingerprint density at radius 1 is 1.06 bits per heavy atom. The quantitative estimate of drug-likeness (QED) is 0.509. The maximum atomic E-state index is 12.9. The third-order valence-corrected chi connectivity index (χ3v) is 5.24. The SMILES string of the molecule is COCCNC(=O)[C@@H](NC(=O)c1ccc(OC)cc1)C1CCN(C(=O)NC(C)C)CC1. The first-order valence-corrected chi connectivity index (χ1v) is 10.6. The van der Waals surface area contributed by atoms with Crippen molar-refractivity contribution in [1.82, 2.24) is 20.9 Å². The highest BCUT2D eigenvalue weighted by Crippen LogP contribution is 2.22. The van der Waals surface area contributed by atoms with E-state index in [2.05, 4.69) is 16.0 Å². The molecule has 0 unspecified atom stereocenters. The van der Waals surface area contributed by atoms with Crippen molar-refractivity contribution in [3.05, 3.63) is 29.8 Å². The van der Waals surface area contributed by atoms with Gasteiger partial charge in [-0.05, 0) is 56.9 Å². The number of methoxy groups -OCH3 is 2. The van der Waals surface area contributed by atoms with Crippen molar-refractivity contribution in [3.63, 3.8) is 0 Å². The molecule has 1 atom stereocenters. The number of hydrogen-bond donors (Lipinski definition) is 3. The molecule has 0 saturated carbocycles. The van der Waals surface area contributed by atoms with E-state index in [-0.39, 0.29) is 29.8 Å². The minimum Gasteiger partial charge on any atom is -0.497 e. The predicted molar refractivity (Wildman–Crippen MR) is 117 cm³/mol. The average molecular weight is 435 g/mol. The topological polar surface area (TPSA) is 109 Å². The van der Waals surface area contributed by atoms with Crippen molar-refractivity contribution in [2.45, 2.75) is 38.8 Å². The number of amides is 4. The third kappa shape index (κ3) is 7.43. The fraction of sp³-hybridized carbons (Fsp3) is 0.591. The van der Waals surface area contributed by atoms with Crippen molar-refractivity contribution in [2.24, 2.45) is 5.92 Å². The molecule has 0 bridgehead atoms. The zero-order valence-corrected chi connectivity index (χ0v) is 18.8. The highest BCUT2D eigenvalue weighted by Gasteiger charge is 2.34. The summed E-state index contributed by atoms with van der Waals surface area (Å²) >= 11 is 0. The Bertz CT molecular complexity index is 730. The Hall–Kier alpha value is -2.81. The summed E-state index contributed by atoms with van der Waals surface area (Å²) in [5.74, 6) is 0.00353. The van der Waals surface area contributed by atoms with E-state index >= 15 is 0 Å². The van der Waals surface area contributed by atoms with Crippen molar-refractivity contribution in [1.29, 1.82) is 0 Å². The molecular formula is C22H34N4O5. The minimum atomic E-state index is -0.693. The van der Waals surface area contributed by atoms with Gasteiger partial charge in [-0.2, -0.15) is 0 Å². The van der Waals surface area contributed by atoms with Gasteiger partial charge in [-0.15, -0.1) is 0 Å². The molecule has 1 aliphatic rings. The molecule has 172 valence electrons. The molecule has 1 aromatic carbocycles. The molecule has 1 heterocycles. The Labute approximate surface area is 183 Å². The smallest absolute Gasteiger partial charge is 0.317 e. The highest BCUT2D eigenvalue weighted by atomic mass is 16.5. The second-order valence-electron chi connectivity index (χ2n) is 7.89. The number of ether oxygens (including phenoxy) is 2. The van der Waals surface area contributed by atoms with Crippen LogP contribution in [0.15, 0.2) is 24.3 Å². The number of likely N-dealkylation sites (tertiary alicyclic amines) is 1. The van der Waals surface area contributed by atoms with Gasteiger partial charge in [0, 0.05) is 38.3 Å². The first-order chi connectivity index (χ1) is 14.8. The molecule has 0 spiro atoms. The van der Waals surface area contributed by atoms with Crippen molar-refractivity contribution in [2.75, 3.05) is 40.5 Å². The number of nitrogens with zero attached hydrogens (tertiary/aromatic N) is 1. The van der Waals surface area contributed by atoms with Crippen LogP contribution in [-0.4, -0.2) is 75.3 Å². The summed E-state index contributed by atoms with van der Waals surface area (Å²) in [4.78, 5) is 39.6. The van der Waals surface area contributed by atoms with E-state index in [9.17, 15) is 14.4 Å². The van der Waals surface area contributed by atoms with Gasteiger partial charge in [0.05, 0.1) is 13.7 Å². The minimum absolute atomic E-state index is 0.0633. The molecule has 4 amide bonds. The largest absolute Gasteiger partial charge is 0.497 e. The molecule has 2 rings (SSSR count). The summed E-state index contributed by atoms with van der Waals surface area (Å²) < 4.78 is 10.1. The lowest BCUT2D eigenvalue weighted by Crippen LogP contribution is -2.55. The summed E-state index contributed by atoms with van der Waals surface area (Å²) in [6.07, 6.45) is 1.24. The molecule has 9 heteroatoms. The fourth-order valence-electron chi connectivity index (χ4n) is 3.52. The van der Waals surface area contributed by atoms with E-state index in [1.807, 2.05) is 13.8 Å². The van der Waals surface area contributed by atoms with Crippen molar-refractivity contribution >= 4 is 17.8 Å². The second-order valence-corrected chi connectivity index (χ2v) is 7.89. The van der Waals surface area contributed by atoms with Crippen molar-refractivity contribution < 1.29 is 23.9 Å². The molecule has 1 saturated heterocycles. The van der Waals surface area contributed by atoms with E-state index in [1.54, 1.807) is 43.4 Å². The van der Waals surface area contributed by atoms with E-state index in [4.69, 9.17) is 9.47 Å². The molecule has 1 fully saturated rings. The average Bonchev–Trinajstić information content (AvgIpc) is 2.77. The Kier molecular flexibility index (Phi) is 9.58. The molecule has 1 aliphatic heterocycles. The van der Waals surface area contributed by atoms with Crippen molar-refractivity contribution in [3.8, 4) is 5.75 Å². The lowest BCUT2D eigenvalue weighted by molar-refractivity contribution is -0.124. The van der Waals surface area contributed by atoms with Gasteiger partial charge in [0.1, 0.15) is 11.8 Å². The summed E-state index contributed by atoms with van der Waals surface area (Å²) in [6, 6.07) is 6.00. The normalized spacial score (nSPS) is 15.3. The van der Waals surface area contributed by atoms with E-state index in [0.717, 1.165) is 0 Å².